The summed E-state index contributed by atoms with van der Waals surface area (Å²) in [6, 6.07) is 6.84. The molecule has 3 aliphatic heterocycles. The molecule has 1 aliphatic carbocycles. The third kappa shape index (κ3) is 31.5. The first kappa shape index (κ1) is 105. The molecule has 2 aromatic carbocycles. The van der Waals surface area contributed by atoms with Crippen LogP contribution in [0.4, 0.5) is 20.1 Å². The van der Waals surface area contributed by atoms with Crippen LogP contribution in [0.15, 0.2) is 78.5 Å². The number of aliphatic carboxylic acids is 2. The zero-order valence-corrected chi connectivity index (χ0v) is 77.1. The van der Waals surface area contributed by atoms with E-state index in [-0.39, 0.29) is 120 Å². The fourth-order valence-corrected chi connectivity index (χ4v) is 17.8. The van der Waals surface area contributed by atoms with Crippen molar-refractivity contribution in [2.75, 3.05) is 85.7 Å². The highest BCUT2D eigenvalue weighted by Gasteiger charge is 2.53. The first-order valence-corrected chi connectivity index (χ1v) is 46.2. The van der Waals surface area contributed by atoms with E-state index in [0.717, 1.165) is 32.5 Å². The zero-order valence-electron chi connectivity index (χ0n) is 75.5. The number of nitrogens with one attached hydrogen (secondary N) is 8. The number of primary amides is 1. The van der Waals surface area contributed by atoms with Crippen molar-refractivity contribution in [2.24, 2.45) is 35.3 Å². The zero-order chi connectivity index (χ0) is 95.8. The van der Waals surface area contributed by atoms with Gasteiger partial charge in [-0.1, -0.05) is 96.5 Å². The molecule has 13 atom stereocenters. The van der Waals surface area contributed by atoms with Gasteiger partial charge in [0.05, 0.1) is 101 Å². The van der Waals surface area contributed by atoms with E-state index in [1.54, 1.807) is 68.5 Å². The van der Waals surface area contributed by atoms with E-state index in [4.69, 9.17) is 44.4 Å². The average Bonchev–Trinajstić information content (AvgIpc) is 1.61. The summed E-state index contributed by atoms with van der Waals surface area (Å²) in [6.07, 6.45) is 3.74. The predicted molar refractivity (Wildman–Crippen MR) is 470 cm³/mol. The Morgan fingerprint density at radius 1 is 0.740 bits per heavy atom. The van der Waals surface area contributed by atoms with E-state index in [9.17, 15) is 70.7 Å². The number of aromatic nitrogens is 4. The standard InChI is InChI=1S/C86H124N18O25S2/c1-11-53(6)75(65(124-9)46-70(109)102-34-16-20-64(102)77(125-10)54(7)78(114)93-63(82-88-33-42-130-82)43-55-17-13-12-14-18-55)99(8)83(118)74(52(4)5)95-81(117)76-56-22-24-61(45-56)104(76)86(121)129-49-57-21-23-59(91-79(115)62(19-15-31-89-84(87)119)92-80(116)73(51(2)3)94-66(105)30-39-126-40-38-103-68(107)25-26-69(103)108)44-58(57)48-127-50-60-47-101(98-96-60)37-41-128-85(120)97-131(122,123)90-32-27-67(106)100(35-28-71(110)111)36-29-72(112)113/h12-14,17-18,21,23,25-26,33,42,44,47,51-54,56,61-65,73-77,90H,11,15-16,19-20,22,24,27-32,34-41,43,45-46,48-50H2,1-10H3,(H,91,115)(H,92,116)(H,93,114)(H,94,105)(H,95,117)(H,97,120)(H,110,111)(H,112,113)(H3,87,89,119)/t53-,54+,56-,61+,62-,63-,64-,65+,73-,74-,75-,76-,77+/m0/s1. The Labute approximate surface area is 764 Å². The van der Waals surface area contributed by atoms with Crippen molar-refractivity contribution in [1.82, 2.24) is 80.5 Å². The maximum absolute atomic E-state index is 15.3. The Morgan fingerprint density at radius 3 is 2.10 bits per heavy atom. The smallest absolute Gasteiger partial charge is 0.421 e. The van der Waals surface area contributed by atoms with Crippen LogP contribution in [0.1, 0.15) is 165 Å². The molecule has 5 heterocycles. The number of carbonyl (C=O) groups excluding carboxylic acids is 13. The number of rotatable bonds is 55. The number of likely N-dealkylation sites (N-methyl/N-ethyl adjacent to an activating group) is 1. The number of methoxy groups -OCH3 is 2. The van der Waals surface area contributed by atoms with Crippen molar-refractivity contribution in [3.8, 4) is 0 Å². The van der Waals surface area contributed by atoms with Crippen molar-refractivity contribution in [2.45, 2.75) is 225 Å². The Bertz CT molecular complexity index is 4700. The molecular formula is C86H124N18O25S2. The number of likely N-dealkylation sites (tertiary alicyclic amines) is 2. The number of hydrogen-bond acceptors (Lipinski definition) is 27. The van der Waals surface area contributed by atoms with E-state index in [0.29, 0.717) is 62.6 Å². The summed E-state index contributed by atoms with van der Waals surface area (Å²) in [6.45, 7) is 10.1. The van der Waals surface area contributed by atoms with Gasteiger partial charge in [0.1, 0.15) is 48.1 Å². The van der Waals surface area contributed by atoms with Crippen molar-refractivity contribution in [3.05, 3.63) is 106 Å². The number of nitrogens with zero attached hydrogens (tertiary/aromatic N) is 9. The highest BCUT2D eigenvalue weighted by Crippen LogP contribution is 2.43. The number of thiazole rings is 1. The molecule has 43 nitrogen and oxygen atoms in total. The van der Waals surface area contributed by atoms with Gasteiger partial charge in [0.2, 0.25) is 47.3 Å². The number of carbonyl (C=O) groups is 15. The number of urea groups is 1. The number of carboxylic acids is 2. The van der Waals surface area contributed by atoms with Gasteiger partial charge in [0, 0.05) is 102 Å². The topological polar surface area (TPSA) is 568 Å². The maximum Gasteiger partial charge on any atom is 0.421 e. The fraction of sp³-hybridized carbons (Fsp3) is 0.605. The molecule has 4 aliphatic rings. The normalized spacial score (nSPS) is 17.9. The van der Waals surface area contributed by atoms with Crippen LogP contribution in [0.5, 0.6) is 0 Å². The second-order valence-corrected chi connectivity index (χ2v) is 35.8. The van der Waals surface area contributed by atoms with Gasteiger partial charge in [-0.15, -0.1) is 16.4 Å². The molecular weight excluding hydrogens is 1750 g/mol. The Morgan fingerprint density at radius 2 is 1.45 bits per heavy atom. The van der Waals surface area contributed by atoms with E-state index < -0.39 is 205 Å². The first-order valence-electron chi connectivity index (χ1n) is 43.8. The molecule has 0 unspecified atom stereocenters. The number of piperidine rings is 1. The van der Waals surface area contributed by atoms with Crippen LogP contribution in [-0.2, 0) is 129 Å². The van der Waals surface area contributed by atoms with Crippen LogP contribution in [0.25, 0.3) is 0 Å². The Hall–Kier alpha value is -11.6. The van der Waals surface area contributed by atoms with Gasteiger partial charge in [0.15, 0.2) is 0 Å². The molecule has 14 amide bonds. The molecule has 2 bridgehead atoms. The molecule has 12 N–H and O–H groups in total. The third-order valence-electron chi connectivity index (χ3n) is 23.5. The summed E-state index contributed by atoms with van der Waals surface area (Å²) >= 11 is 1.45. The minimum atomic E-state index is -4.61. The average molecular weight is 1870 g/mol. The summed E-state index contributed by atoms with van der Waals surface area (Å²) in [5.74, 6) is -10.1. The van der Waals surface area contributed by atoms with E-state index in [1.807, 2.05) is 54.3 Å². The lowest BCUT2D eigenvalue weighted by molar-refractivity contribution is -0.148. The number of imide groups is 1. The number of benzene rings is 2. The van der Waals surface area contributed by atoms with Gasteiger partial charge in [-0.05, 0) is 104 Å². The van der Waals surface area contributed by atoms with Gasteiger partial charge in [-0.2, -0.15) is 13.1 Å². The minimum Gasteiger partial charge on any atom is -0.481 e. The number of ether oxygens (including phenoxy) is 6. The summed E-state index contributed by atoms with van der Waals surface area (Å²) in [5.41, 5.74) is 7.42. The summed E-state index contributed by atoms with van der Waals surface area (Å²) < 4.78 is 65.4. The van der Waals surface area contributed by atoms with Gasteiger partial charge in [-0.25, -0.2) is 28.8 Å². The van der Waals surface area contributed by atoms with Crippen molar-refractivity contribution < 1.29 is 119 Å². The van der Waals surface area contributed by atoms with Crippen LogP contribution in [0.3, 0.4) is 0 Å². The molecule has 2 saturated heterocycles. The molecule has 2 aromatic heterocycles. The maximum atomic E-state index is 15.3. The van der Waals surface area contributed by atoms with Crippen molar-refractivity contribution in [3.63, 3.8) is 0 Å². The molecule has 45 heteroatoms. The first-order chi connectivity index (χ1) is 62.4. The van der Waals surface area contributed by atoms with Crippen LogP contribution >= 0.6 is 11.3 Å². The number of fused-ring (bicyclic) bond motifs is 2. The SMILES string of the molecule is CC[C@H](C)[C@@H]([C@@H](CC(=O)N1CCC[C@H]1[C@H](OC)[C@@H](C)C(=O)N[C@@H](Cc1ccccc1)c1nccs1)OC)N(C)C(=O)[C@@H](NC(=O)[C@@H]1[C@H]2CC[C@H](C2)N1C(=O)OCc1ccc(NC(=O)[C@H](CCCNC(N)=O)NC(=O)[C@@H](NC(=O)CCOCCN2C(=O)C=CC2=O)C(C)C)cc1COCc1cn(CCOC(=O)NS(=O)(=O)NCCC(=O)N(CCC(=O)O)CCC(=O)O)nn1)C(C)C. The lowest BCUT2D eigenvalue weighted by Crippen LogP contribution is -2.60. The molecule has 131 heavy (non-hydrogen) atoms. The highest BCUT2D eigenvalue weighted by atomic mass is 32.2. The quantitative estimate of drug-likeness (QED) is 0.0223. The lowest BCUT2D eigenvalue weighted by atomic mass is 9.89. The highest BCUT2D eigenvalue weighted by molar-refractivity contribution is 7.88. The fourth-order valence-electron chi connectivity index (χ4n) is 16.4. The summed E-state index contributed by atoms with van der Waals surface area (Å²) in [5, 5.41) is 45.8. The molecule has 3 fully saturated rings. The van der Waals surface area contributed by atoms with Crippen LogP contribution in [0.2, 0.25) is 0 Å². The molecule has 8 rings (SSSR count). The minimum absolute atomic E-state index is 0.00106. The number of nitrogens with two attached hydrogens (primary N) is 1. The summed E-state index contributed by atoms with van der Waals surface area (Å²) in [4.78, 5) is 211. The van der Waals surface area contributed by atoms with E-state index in [1.165, 1.54) is 53.5 Å². The number of anilines is 1. The summed E-state index contributed by atoms with van der Waals surface area (Å²) in [7, 11) is 0.0418. The largest absolute Gasteiger partial charge is 0.481 e. The predicted octanol–water partition coefficient (Wildman–Crippen LogP) is 3.18. The van der Waals surface area contributed by atoms with E-state index in [2.05, 4.69) is 47.2 Å². The molecule has 720 valence electrons. The van der Waals surface area contributed by atoms with Crippen LogP contribution in [0, 0.1) is 29.6 Å². The molecule has 0 spiro atoms. The van der Waals surface area contributed by atoms with Crippen molar-refractivity contribution in [1.29, 1.82) is 0 Å². The van der Waals surface area contributed by atoms with Crippen LogP contribution < -0.4 is 47.1 Å². The monoisotopic (exact) mass is 1870 g/mol. The lowest BCUT2D eigenvalue weighted by Gasteiger charge is -2.41. The van der Waals surface area contributed by atoms with Gasteiger partial charge in [0.25, 0.3) is 11.8 Å². The Kier molecular flexibility index (Phi) is 41.0. The second-order valence-electron chi connectivity index (χ2n) is 33.4. The van der Waals surface area contributed by atoms with Crippen molar-refractivity contribution >= 4 is 116 Å². The number of amides is 14. The Balaban J connectivity index is 0.943. The second kappa shape index (κ2) is 51.2. The number of carboxylic acid groups (broad SMARTS) is 2. The molecule has 0 radical (unpaired) electrons. The van der Waals surface area contributed by atoms with Gasteiger partial charge < -0.3 is 91.0 Å². The van der Waals surface area contributed by atoms with Gasteiger partial charge in [-0.3, -0.25) is 67.3 Å². The molecule has 1 saturated carbocycles. The van der Waals surface area contributed by atoms with E-state index >= 15 is 9.59 Å². The van der Waals surface area contributed by atoms with Crippen LogP contribution in [-0.4, -0.2) is 287 Å². The number of hydrogen-bond donors (Lipinski definition) is 11. The third-order valence-corrected chi connectivity index (χ3v) is 25.4. The van der Waals surface area contributed by atoms with Gasteiger partial charge >= 0.3 is 40.4 Å². The molecule has 4 aromatic rings.